The second-order valence-corrected chi connectivity index (χ2v) is 14.6. The zero-order valence-corrected chi connectivity index (χ0v) is 26.1. The summed E-state index contributed by atoms with van der Waals surface area (Å²) in [6, 6.07) is 16.1. The van der Waals surface area contributed by atoms with Crippen molar-refractivity contribution in [2.24, 2.45) is 5.92 Å². The Hall–Kier alpha value is -2.98. The quantitative estimate of drug-likeness (QED) is 0.198. The molecule has 1 amide bonds. The molecule has 232 valence electrons. The number of hydrogen-bond acceptors (Lipinski definition) is 4. The summed E-state index contributed by atoms with van der Waals surface area (Å²) < 4.78 is 65.6. The molecule has 3 aromatic rings. The molecule has 6 rings (SSSR count). The highest BCUT2D eigenvalue weighted by atomic mass is 35.5. The molecule has 0 spiro atoms. The monoisotopic (exact) mass is 660 g/mol. The molecule has 0 aromatic heterocycles. The van der Waals surface area contributed by atoms with E-state index in [4.69, 9.17) is 27.9 Å². The molecular formula is C33H32Cl2F2N2O4S. The molecule has 2 saturated carbocycles. The van der Waals surface area contributed by atoms with E-state index >= 15 is 8.78 Å². The molecule has 1 aliphatic heterocycles. The van der Waals surface area contributed by atoms with Crippen molar-refractivity contribution in [1.82, 2.24) is 4.90 Å². The predicted molar refractivity (Wildman–Crippen MR) is 167 cm³/mol. The number of morpholine rings is 1. The molecule has 1 heterocycles. The van der Waals surface area contributed by atoms with Crippen molar-refractivity contribution in [3.8, 4) is 0 Å². The van der Waals surface area contributed by atoms with Crippen LogP contribution in [0.4, 0.5) is 14.5 Å². The molecule has 3 aliphatic rings. The number of sulfonamides is 1. The van der Waals surface area contributed by atoms with E-state index in [-0.39, 0.29) is 24.8 Å². The van der Waals surface area contributed by atoms with Gasteiger partial charge in [0.2, 0.25) is 10.0 Å². The van der Waals surface area contributed by atoms with Gasteiger partial charge in [-0.15, -0.1) is 6.58 Å². The predicted octanol–water partition coefficient (Wildman–Crippen LogP) is 7.63. The summed E-state index contributed by atoms with van der Waals surface area (Å²) in [6.07, 6.45) is 2.47. The Labute approximate surface area is 266 Å². The van der Waals surface area contributed by atoms with Crippen LogP contribution < -0.4 is 4.31 Å². The first-order valence-corrected chi connectivity index (χ1v) is 16.9. The van der Waals surface area contributed by atoms with Crippen LogP contribution in [0.3, 0.4) is 0 Å². The molecule has 2 aliphatic carbocycles. The molecule has 1 unspecified atom stereocenters. The van der Waals surface area contributed by atoms with Gasteiger partial charge in [-0.3, -0.25) is 9.10 Å². The molecule has 3 fully saturated rings. The number of para-hydroxylation sites is 1. The van der Waals surface area contributed by atoms with Crippen molar-refractivity contribution >= 4 is 44.8 Å². The number of amides is 1. The van der Waals surface area contributed by atoms with E-state index in [1.54, 1.807) is 53.4 Å². The standard InChI is InChI=1S/C33H32Cl2F2N2O4S/c1-2-5-29-33(40)39(30(21-12-14-23(34)15-13-21)32(43-29)22-6-3-7-24(35)18-22)28(20-10-11-20)19-38(44(41,42)25-16-17-25)31-26(36)8-4-9-27(31)37/h2-4,6-9,12-15,18,20,25,28-30,32H,1,5,10-11,16-17,19H2/t28?,29-,30+,32-/m1/s1. The summed E-state index contributed by atoms with van der Waals surface area (Å²) in [7, 11) is -4.13. The van der Waals surface area contributed by atoms with Gasteiger partial charge in [-0.05, 0) is 79.1 Å². The maximum atomic E-state index is 15.3. The Kier molecular flexibility index (Phi) is 8.76. The number of halogens is 4. The van der Waals surface area contributed by atoms with Gasteiger partial charge in [0.05, 0.1) is 23.9 Å². The Morgan fingerprint density at radius 2 is 1.61 bits per heavy atom. The van der Waals surface area contributed by atoms with Crippen LogP contribution in [0.25, 0.3) is 0 Å². The van der Waals surface area contributed by atoms with Crippen LogP contribution in [0, 0.1) is 17.6 Å². The molecular weight excluding hydrogens is 629 g/mol. The minimum absolute atomic E-state index is 0.0945. The van der Waals surface area contributed by atoms with E-state index in [1.807, 2.05) is 6.07 Å². The molecule has 0 N–H and O–H groups in total. The first kappa shape index (κ1) is 31.0. The second-order valence-electron chi connectivity index (χ2n) is 11.6. The van der Waals surface area contributed by atoms with Crippen LogP contribution in [0.1, 0.15) is 55.4 Å². The van der Waals surface area contributed by atoms with Crippen LogP contribution >= 0.6 is 23.2 Å². The molecule has 44 heavy (non-hydrogen) atoms. The fourth-order valence-corrected chi connectivity index (χ4v) is 8.29. The van der Waals surface area contributed by atoms with E-state index in [1.165, 1.54) is 6.07 Å². The van der Waals surface area contributed by atoms with E-state index in [9.17, 15) is 13.2 Å². The van der Waals surface area contributed by atoms with E-state index in [0.717, 1.165) is 34.8 Å². The molecule has 11 heteroatoms. The van der Waals surface area contributed by atoms with Gasteiger partial charge in [-0.25, -0.2) is 17.2 Å². The van der Waals surface area contributed by atoms with Gasteiger partial charge in [0.1, 0.15) is 17.9 Å². The molecule has 1 saturated heterocycles. The zero-order chi connectivity index (χ0) is 31.2. The summed E-state index contributed by atoms with van der Waals surface area (Å²) in [5, 5.41) is 0.254. The summed E-state index contributed by atoms with van der Waals surface area (Å²) in [5.74, 6) is -2.40. The molecule has 6 nitrogen and oxygen atoms in total. The van der Waals surface area contributed by atoms with Gasteiger partial charge < -0.3 is 9.64 Å². The van der Waals surface area contributed by atoms with Crippen LogP contribution in [0.15, 0.2) is 79.4 Å². The van der Waals surface area contributed by atoms with Gasteiger partial charge in [0.15, 0.2) is 11.6 Å². The van der Waals surface area contributed by atoms with Crippen LogP contribution in [-0.4, -0.2) is 43.2 Å². The third kappa shape index (κ3) is 6.12. The number of benzene rings is 3. The topological polar surface area (TPSA) is 66.9 Å². The molecule has 0 radical (unpaired) electrons. The van der Waals surface area contributed by atoms with Crippen LogP contribution in [0.5, 0.6) is 0 Å². The number of carbonyl (C=O) groups is 1. The molecule has 3 aromatic carbocycles. The first-order chi connectivity index (χ1) is 21.1. The molecule has 4 atom stereocenters. The highest BCUT2D eigenvalue weighted by Crippen LogP contribution is 2.49. The lowest BCUT2D eigenvalue weighted by Crippen LogP contribution is -2.58. The van der Waals surface area contributed by atoms with Crippen molar-refractivity contribution in [3.63, 3.8) is 0 Å². The zero-order valence-electron chi connectivity index (χ0n) is 23.8. The number of carbonyl (C=O) groups excluding carboxylic acids is 1. The Balaban J connectivity index is 1.51. The van der Waals surface area contributed by atoms with Crippen molar-refractivity contribution < 1.29 is 26.7 Å². The van der Waals surface area contributed by atoms with Gasteiger partial charge >= 0.3 is 0 Å². The summed E-state index contributed by atoms with van der Waals surface area (Å²) in [4.78, 5) is 16.1. The lowest BCUT2D eigenvalue weighted by Gasteiger charge is -2.49. The van der Waals surface area contributed by atoms with Gasteiger partial charge in [0, 0.05) is 16.5 Å². The Bertz CT molecular complexity index is 1640. The van der Waals surface area contributed by atoms with Crippen LogP contribution in [-0.2, 0) is 19.6 Å². The average molecular weight is 662 g/mol. The first-order valence-electron chi connectivity index (χ1n) is 14.6. The van der Waals surface area contributed by atoms with E-state index in [2.05, 4.69) is 6.58 Å². The molecule has 0 bridgehead atoms. The lowest BCUT2D eigenvalue weighted by molar-refractivity contribution is -0.179. The van der Waals surface area contributed by atoms with E-state index in [0.29, 0.717) is 28.5 Å². The number of anilines is 1. The minimum Gasteiger partial charge on any atom is -0.358 e. The average Bonchev–Trinajstić information content (AvgIpc) is 3.90. The maximum absolute atomic E-state index is 15.3. The van der Waals surface area contributed by atoms with E-state index < -0.39 is 56.9 Å². The van der Waals surface area contributed by atoms with Gasteiger partial charge in [-0.1, -0.05) is 59.6 Å². The fourth-order valence-electron chi connectivity index (χ4n) is 6.09. The minimum atomic E-state index is -4.13. The second kappa shape index (κ2) is 12.4. The smallest absolute Gasteiger partial charge is 0.252 e. The summed E-state index contributed by atoms with van der Waals surface area (Å²) in [5.41, 5.74) is 0.813. The largest absolute Gasteiger partial charge is 0.358 e. The number of hydrogen-bond donors (Lipinski definition) is 0. The van der Waals surface area contributed by atoms with Gasteiger partial charge in [-0.2, -0.15) is 0 Å². The number of rotatable bonds is 11. The van der Waals surface area contributed by atoms with Crippen molar-refractivity contribution in [2.75, 3.05) is 10.8 Å². The Morgan fingerprint density at radius 1 is 0.955 bits per heavy atom. The number of nitrogens with zero attached hydrogens (tertiary/aromatic N) is 2. The van der Waals surface area contributed by atoms with Crippen molar-refractivity contribution in [2.45, 2.75) is 61.6 Å². The third-order valence-electron chi connectivity index (χ3n) is 8.51. The number of ether oxygens (including phenoxy) is 1. The highest BCUT2D eigenvalue weighted by molar-refractivity contribution is 7.93. The summed E-state index contributed by atoms with van der Waals surface area (Å²) >= 11 is 12.6. The SMILES string of the molecule is C=CC[C@H]1O[C@H](c2cccc(Cl)c2)[C@H](c2ccc(Cl)cc2)N(C(CN(c2c(F)cccc2F)S(=O)(=O)C2CC2)C2CC2)C1=O. The Morgan fingerprint density at radius 3 is 2.20 bits per heavy atom. The maximum Gasteiger partial charge on any atom is 0.252 e. The van der Waals surface area contributed by atoms with Crippen molar-refractivity contribution in [1.29, 1.82) is 0 Å². The van der Waals surface area contributed by atoms with Gasteiger partial charge in [0.25, 0.3) is 5.91 Å². The lowest BCUT2D eigenvalue weighted by atomic mass is 9.89. The summed E-state index contributed by atoms with van der Waals surface area (Å²) in [6.45, 7) is 3.51. The third-order valence-corrected chi connectivity index (χ3v) is 11.3. The fraction of sp³-hybridized carbons (Fsp3) is 0.364. The van der Waals surface area contributed by atoms with Crippen LogP contribution in [0.2, 0.25) is 10.0 Å². The normalized spacial score (nSPS) is 23.0. The highest BCUT2D eigenvalue weighted by Gasteiger charge is 2.52. The van der Waals surface area contributed by atoms with Crippen molar-refractivity contribution in [3.05, 3.63) is 112 Å².